The molecular weight excluding hydrogens is 412 g/mol. The number of aromatic nitrogens is 2. The Morgan fingerprint density at radius 2 is 1.88 bits per heavy atom. The highest BCUT2D eigenvalue weighted by Crippen LogP contribution is 2.31. The number of ether oxygens (including phenoxy) is 1. The molecule has 0 atom stereocenters. The van der Waals surface area contributed by atoms with Crippen LogP contribution in [0.3, 0.4) is 0 Å². The monoisotopic (exact) mass is 444 g/mol. The molecule has 6 nitrogen and oxygen atoms in total. The van der Waals surface area contributed by atoms with Gasteiger partial charge in [0, 0.05) is 63.1 Å². The molecule has 4 rings (SSSR count). The van der Waals surface area contributed by atoms with Crippen molar-refractivity contribution < 1.29 is 9.53 Å². The number of fused-ring (bicyclic) bond motifs is 1. The smallest absolute Gasteiger partial charge is 0.227 e. The molecule has 0 radical (unpaired) electrons. The Morgan fingerprint density at radius 3 is 2.67 bits per heavy atom. The van der Waals surface area contributed by atoms with Gasteiger partial charge in [-0.05, 0) is 79.3 Å². The fourth-order valence-corrected chi connectivity index (χ4v) is 4.30. The minimum Gasteiger partial charge on any atom is -0.494 e. The van der Waals surface area contributed by atoms with Crippen LogP contribution < -0.4 is 9.64 Å². The van der Waals surface area contributed by atoms with E-state index in [0.29, 0.717) is 19.6 Å². The van der Waals surface area contributed by atoms with Crippen molar-refractivity contribution in [3.63, 3.8) is 0 Å². The first-order valence-corrected chi connectivity index (χ1v) is 11.8. The molecule has 0 spiro atoms. The van der Waals surface area contributed by atoms with Crippen LogP contribution in [-0.2, 0) is 24.2 Å². The lowest BCUT2D eigenvalue weighted by atomic mass is 10.0. The lowest BCUT2D eigenvalue weighted by Gasteiger charge is -2.28. The third-order valence-electron chi connectivity index (χ3n) is 6.05. The third-order valence-corrected chi connectivity index (χ3v) is 6.05. The van der Waals surface area contributed by atoms with E-state index in [2.05, 4.69) is 39.1 Å². The molecular formula is C27H32N4O2. The second kappa shape index (κ2) is 11.6. The summed E-state index contributed by atoms with van der Waals surface area (Å²) in [6.45, 7) is 6.19. The number of aryl methyl sites for hydroxylation is 1. The van der Waals surface area contributed by atoms with Crippen LogP contribution in [-0.4, -0.2) is 47.0 Å². The maximum atomic E-state index is 12.1. The van der Waals surface area contributed by atoms with Crippen molar-refractivity contribution in [2.24, 2.45) is 0 Å². The van der Waals surface area contributed by atoms with Gasteiger partial charge in [-0.2, -0.15) is 0 Å². The zero-order valence-electron chi connectivity index (χ0n) is 19.3. The van der Waals surface area contributed by atoms with E-state index in [1.165, 1.54) is 16.7 Å². The average Bonchev–Trinajstić information content (AvgIpc) is 2.86. The average molecular weight is 445 g/mol. The molecule has 0 aliphatic carbocycles. The summed E-state index contributed by atoms with van der Waals surface area (Å²) in [6.07, 6.45) is 10.7. The molecule has 0 N–H and O–H groups in total. The van der Waals surface area contributed by atoms with E-state index in [9.17, 15) is 4.79 Å². The number of benzene rings is 1. The van der Waals surface area contributed by atoms with Crippen molar-refractivity contribution in [1.29, 1.82) is 0 Å². The van der Waals surface area contributed by atoms with Crippen LogP contribution in [0.1, 0.15) is 36.5 Å². The van der Waals surface area contributed by atoms with Crippen molar-refractivity contribution >= 4 is 11.6 Å². The van der Waals surface area contributed by atoms with Gasteiger partial charge in [0.15, 0.2) is 0 Å². The van der Waals surface area contributed by atoms with Crippen molar-refractivity contribution in [3.8, 4) is 5.75 Å². The second-order valence-electron chi connectivity index (χ2n) is 8.37. The quantitative estimate of drug-likeness (QED) is 0.413. The molecule has 1 aromatic carbocycles. The summed E-state index contributed by atoms with van der Waals surface area (Å²) in [5, 5.41) is 0. The van der Waals surface area contributed by atoms with Crippen LogP contribution in [0.15, 0.2) is 67.3 Å². The normalized spacial score (nSPS) is 13.3. The fourth-order valence-electron chi connectivity index (χ4n) is 4.30. The molecule has 172 valence electrons. The molecule has 0 unspecified atom stereocenters. The van der Waals surface area contributed by atoms with Crippen molar-refractivity contribution in [2.75, 3.05) is 31.1 Å². The largest absolute Gasteiger partial charge is 0.494 e. The molecule has 1 amide bonds. The van der Waals surface area contributed by atoms with E-state index in [1.54, 1.807) is 0 Å². The molecule has 0 bridgehead atoms. The van der Waals surface area contributed by atoms with Gasteiger partial charge in [-0.15, -0.1) is 0 Å². The van der Waals surface area contributed by atoms with Gasteiger partial charge in [-0.1, -0.05) is 6.07 Å². The number of carbonyl (C=O) groups excluding carboxylic acids is 1. The van der Waals surface area contributed by atoms with Gasteiger partial charge in [-0.3, -0.25) is 19.7 Å². The number of anilines is 1. The Hall–Kier alpha value is -3.25. The number of pyridine rings is 2. The van der Waals surface area contributed by atoms with E-state index in [0.717, 1.165) is 50.3 Å². The van der Waals surface area contributed by atoms with Gasteiger partial charge < -0.3 is 9.64 Å². The molecule has 1 aliphatic heterocycles. The predicted octanol–water partition coefficient (Wildman–Crippen LogP) is 4.29. The number of carbonyl (C=O) groups is 1. The van der Waals surface area contributed by atoms with Crippen molar-refractivity contribution in [2.45, 2.75) is 39.2 Å². The number of nitrogens with zero attached hydrogens (tertiary/aromatic N) is 4. The van der Waals surface area contributed by atoms with Gasteiger partial charge in [0.05, 0.1) is 6.61 Å². The standard InChI is InChI=1S/C27H32N4O2/c1-2-31-26-8-7-25(19-24(26)6-9-27(31)32)33-18-4-16-30(21-23-10-14-28-15-11-23)17-12-22-5-3-13-29-20-22/h3,5,7-8,10-11,13-15,19-20H,2,4,6,9,12,16-18,21H2,1H3. The molecule has 3 heterocycles. The van der Waals surface area contributed by atoms with Gasteiger partial charge in [-0.25, -0.2) is 0 Å². The lowest BCUT2D eigenvalue weighted by Crippen LogP contribution is -2.34. The van der Waals surface area contributed by atoms with Crippen LogP contribution >= 0.6 is 0 Å². The van der Waals surface area contributed by atoms with E-state index in [-0.39, 0.29) is 5.91 Å². The maximum absolute atomic E-state index is 12.1. The van der Waals surface area contributed by atoms with Crippen LogP contribution in [0, 0.1) is 0 Å². The van der Waals surface area contributed by atoms with Crippen LogP contribution in [0.5, 0.6) is 5.75 Å². The summed E-state index contributed by atoms with van der Waals surface area (Å²) in [5.41, 5.74) is 4.74. The third kappa shape index (κ3) is 6.39. The first-order valence-electron chi connectivity index (χ1n) is 11.8. The summed E-state index contributed by atoms with van der Waals surface area (Å²) in [5.74, 6) is 1.09. The highest BCUT2D eigenvalue weighted by molar-refractivity contribution is 5.96. The first kappa shape index (κ1) is 22.9. The van der Waals surface area contributed by atoms with Crippen LogP contribution in [0.25, 0.3) is 0 Å². The van der Waals surface area contributed by atoms with Gasteiger partial charge in [0.1, 0.15) is 5.75 Å². The van der Waals surface area contributed by atoms with Gasteiger partial charge in [0.25, 0.3) is 0 Å². The highest BCUT2D eigenvalue weighted by Gasteiger charge is 2.22. The van der Waals surface area contributed by atoms with E-state index in [1.807, 2.05) is 54.8 Å². The van der Waals surface area contributed by atoms with Crippen molar-refractivity contribution in [3.05, 3.63) is 83.9 Å². The fraction of sp³-hybridized carbons (Fsp3) is 0.370. The summed E-state index contributed by atoms with van der Waals surface area (Å²) in [6, 6.07) is 14.4. The summed E-state index contributed by atoms with van der Waals surface area (Å²) >= 11 is 0. The Bertz CT molecular complexity index is 1030. The van der Waals surface area contributed by atoms with E-state index >= 15 is 0 Å². The van der Waals surface area contributed by atoms with Gasteiger partial charge >= 0.3 is 0 Å². The Labute approximate surface area is 196 Å². The first-order chi connectivity index (χ1) is 16.2. The summed E-state index contributed by atoms with van der Waals surface area (Å²) in [4.78, 5) is 24.8. The number of hydrogen-bond donors (Lipinski definition) is 0. The Balaban J connectivity index is 1.30. The Morgan fingerprint density at radius 1 is 1.00 bits per heavy atom. The Kier molecular flexibility index (Phi) is 8.04. The number of amides is 1. The molecule has 2 aromatic heterocycles. The molecule has 3 aromatic rings. The molecule has 33 heavy (non-hydrogen) atoms. The second-order valence-corrected chi connectivity index (χ2v) is 8.37. The van der Waals surface area contributed by atoms with Crippen LogP contribution in [0.4, 0.5) is 5.69 Å². The topological polar surface area (TPSA) is 58.6 Å². The predicted molar refractivity (Wildman–Crippen MR) is 130 cm³/mol. The minimum atomic E-state index is 0.208. The molecule has 6 heteroatoms. The SMILES string of the molecule is CCN1C(=O)CCc2cc(OCCCN(CCc3cccnc3)Cc3ccncc3)ccc21. The number of hydrogen-bond acceptors (Lipinski definition) is 5. The summed E-state index contributed by atoms with van der Waals surface area (Å²) in [7, 11) is 0. The maximum Gasteiger partial charge on any atom is 0.227 e. The molecule has 0 saturated heterocycles. The number of rotatable bonds is 11. The van der Waals surface area contributed by atoms with Crippen molar-refractivity contribution in [1.82, 2.24) is 14.9 Å². The molecule has 1 aliphatic rings. The molecule has 0 fully saturated rings. The minimum absolute atomic E-state index is 0.208. The van der Waals surface area contributed by atoms with Crippen LogP contribution in [0.2, 0.25) is 0 Å². The van der Waals surface area contributed by atoms with E-state index < -0.39 is 0 Å². The van der Waals surface area contributed by atoms with Gasteiger partial charge in [0.2, 0.25) is 5.91 Å². The van der Waals surface area contributed by atoms with E-state index in [4.69, 9.17) is 4.74 Å². The zero-order chi connectivity index (χ0) is 22.9. The summed E-state index contributed by atoms with van der Waals surface area (Å²) < 4.78 is 6.08. The highest BCUT2D eigenvalue weighted by atomic mass is 16.5. The molecule has 0 saturated carbocycles. The lowest BCUT2D eigenvalue weighted by molar-refractivity contribution is -0.118. The zero-order valence-corrected chi connectivity index (χ0v) is 19.3.